The van der Waals surface area contributed by atoms with E-state index in [2.05, 4.69) is 15.1 Å². The van der Waals surface area contributed by atoms with Gasteiger partial charge in [0, 0.05) is 51.9 Å². The Morgan fingerprint density at radius 2 is 1.62 bits per heavy atom. The molecule has 2 saturated heterocycles. The highest BCUT2D eigenvalue weighted by atomic mass is 16.2. The third-order valence-corrected chi connectivity index (χ3v) is 5.48. The monoisotopic (exact) mass is 328 g/mol. The summed E-state index contributed by atoms with van der Waals surface area (Å²) in [6.45, 7) is 7.67. The fourth-order valence-electron chi connectivity index (χ4n) is 3.99. The molecule has 3 aliphatic rings. The van der Waals surface area contributed by atoms with Crippen LogP contribution in [0, 0.1) is 0 Å². The zero-order valence-electron chi connectivity index (χ0n) is 13.9. The molecule has 0 bridgehead atoms. The van der Waals surface area contributed by atoms with Crippen molar-refractivity contribution in [2.24, 2.45) is 0 Å². The van der Waals surface area contributed by atoms with Gasteiger partial charge in [-0.15, -0.1) is 0 Å². The Morgan fingerprint density at radius 1 is 0.958 bits per heavy atom. The predicted molar refractivity (Wildman–Crippen MR) is 91.1 cm³/mol. The van der Waals surface area contributed by atoms with Crippen LogP contribution in [-0.2, 0) is 0 Å². The Morgan fingerprint density at radius 3 is 2.21 bits per heavy atom. The second kappa shape index (κ2) is 6.63. The molecule has 24 heavy (non-hydrogen) atoms. The molecule has 4 rings (SSSR count). The molecule has 128 valence electrons. The summed E-state index contributed by atoms with van der Waals surface area (Å²) in [4.78, 5) is 31.1. The van der Waals surface area contributed by atoms with E-state index < -0.39 is 0 Å². The van der Waals surface area contributed by atoms with Crippen LogP contribution in [0.4, 0.5) is 0 Å². The van der Waals surface area contributed by atoms with Gasteiger partial charge in [-0.3, -0.25) is 24.3 Å². The van der Waals surface area contributed by atoms with E-state index in [0.29, 0.717) is 23.7 Å². The molecule has 1 atom stereocenters. The van der Waals surface area contributed by atoms with E-state index in [1.165, 1.54) is 11.3 Å². The van der Waals surface area contributed by atoms with Crippen LogP contribution in [0.1, 0.15) is 27.1 Å². The van der Waals surface area contributed by atoms with E-state index >= 15 is 0 Å². The number of carbonyl (C=O) groups is 2. The molecular weight excluding hydrogens is 304 g/mol. The minimum absolute atomic E-state index is 0.147. The summed E-state index contributed by atoms with van der Waals surface area (Å²) in [7, 11) is 0. The quantitative estimate of drug-likeness (QED) is 0.804. The fourth-order valence-corrected chi connectivity index (χ4v) is 3.99. The highest BCUT2D eigenvalue weighted by molar-refractivity contribution is 6.21. The normalized spacial score (nSPS) is 25.5. The van der Waals surface area contributed by atoms with E-state index in [1.54, 1.807) is 12.1 Å². The lowest BCUT2D eigenvalue weighted by Crippen LogP contribution is -2.52. The van der Waals surface area contributed by atoms with E-state index in [0.717, 1.165) is 45.8 Å². The van der Waals surface area contributed by atoms with E-state index in [9.17, 15) is 9.59 Å². The molecule has 0 spiro atoms. The first kappa shape index (κ1) is 15.7. The largest absolute Gasteiger partial charge is 0.315 e. The Hall–Kier alpha value is -1.76. The average molecular weight is 328 g/mol. The zero-order valence-corrected chi connectivity index (χ0v) is 13.9. The minimum atomic E-state index is -0.147. The summed E-state index contributed by atoms with van der Waals surface area (Å²) in [5.41, 5.74) is 1.09. The smallest absolute Gasteiger partial charge is 0.261 e. The third-order valence-electron chi connectivity index (χ3n) is 5.48. The van der Waals surface area contributed by atoms with Gasteiger partial charge in [-0.05, 0) is 25.1 Å². The number of piperazine rings is 1. The van der Waals surface area contributed by atoms with Crippen molar-refractivity contribution in [3.8, 4) is 0 Å². The lowest BCUT2D eigenvalue weighted by molar-refractivity contribution is 0.0599. The number of hydrogen-bond acceptors (Lipinski definition) is 5. The molecule has 0 aromatic heterocycles. The Bertz CT molecular complexity index is 599. The number of fused-ring (bicyclic) bond motifs is 1. The van der Waals surface area contributed by atoms with Crippen LogP contribution in [0.25, 0.3) is 0 Å². The molecule has 6 nitrogen and oxygen atoms in total. The number of amides is 2. The van der Waals surface area contributed by atoms with Crippen molar-refractivity contribution in [3.63, 3.8) is 0 Å². The third kappa shape index (κ3) is 2.85. The van der Waals surface area contributed by atoms with Crippen LogP contribution in [-0.4, -0.2) is 84.9 Å². The molecule has 6 heteroatoms. The van der Waals surface area contributed by atoms with Crippen LogP contribution in [0.3, 0.4) is 0 Å². The lowest BCUT2D eigenvalue weighted by atomic mass is 10.1. The molecule has 1 aromatic carbocycles. The van der Waals surface area contributed by atoms with E-state index in [-0.39, 0.29) is 11.8 Å². The number of carbonyl (C=O) groups excluding carboxylic acids is 2. The van der Waals surface area contributed by atoms with Gasteiger partial charge in [-0.1, -0.05) is 12.1 Å². The zero-order chi connectivity index (χ0) is 16.5. The topological polar surface area (TPSA) is 55.9 Å². The average Bonchev–Trinajstić information content (AvgIpc) is 3.23. The van der Waals surface area contributed by atoms with Crippen molar-refractivity contribution in [2.45, 2.75) is 12.5 Å². The molecule has 2 amide bonds. The molecule has 2 fully saturated rings. The van der Waals surface area contributed by atoms with Gasteiger partial charge in [0.25, 0.3) is 11.8 Å². The van der Waals surface area contributed by atoms with Crippen molar-refractivity contribution in [1.29, 1.82) is 0 Å². The van der Waals surface area contributed by atoms with Gasteiger partial charge in [0.1, 0.15) is 0 Å². The van der Waals surface area contributed by atoms with Gasteiger partial charge in [-0.25, -0.2) is 0 Å². The summed E-state index contributed by atoms with van der Waals surface area (Å²) in [6.07, 6.45) is 1.25. The fraction of sp³-hybridized carbons (Fsp3) is 0.556. The van der Waals surface area contributed by atoms with Crippen molar-refractivity contribution in [3.05, 3.63) is 35.4 Å². The molecule has 1 aromatic rings. The number of rotatable bonds is 4. The van der Waals surface area contributed by atoms with Crippen molar-refractivity contribution < 1.29 is 9.59 Å². The standard InChI is InChI=1S/C18H24N4O2/c23-17-15-3-1-2-4-16(15)18(24)22(17)12-9-20-7-10-21(11-8-20)14-5-6-19-13-14/h1-4,14,19H,5-13H2. The second-order valence-corrected chi connectivity index (χ2v) is 6.83. The lowest BCUT2D eigenvalue weighted by Gasteiger charge is -2.38. The summed E-state index contributed by atoms with van der Waals surface area (Å²) >= 11 is 0. The highest BCUT2D eigenvalue weighted by Gasteiger charge is 2.35. The van der Waals surface area contributed by atoms with Crippen molar-refractivity contribution in [2.75, 3.05) is 52.4 Å². The maximum Gasteiger partial charge on any atom is 0.261 e. The molecule has 1 N–H and O–H groups in total. The number of nitrogens with zero attached hydrogens (tertiary/aromatic N) is 3. The SMILES string of the molecule is O=C1c2ccccc2C(=O)N1CCN1CCN(C2CCNC2)CC1. The maximum atomic E-state index is 12.4. The van der Waals surface area contributed by atoms with Gasteiger partial charge < -0.3 is 5.32 Å². The van der Waals surface area contributed by atoms with E-state index in [4.69, 9.17) is 0 Å². The molecule has 3 aliphatic heterocycles. The van der Waals surface area contributed by atoms with Crippen molar-refractivity contribution in [1.82, 2.24) is 20.0 Å². The first-order chi connectivity index (χ1) is 11.7. The first-order valence-electron chi connectivity index (χ1n) is 8.86. The Balaban J connectivity index is 1.29. The number of benzene rings is 1. The van der Waals surface area contributed by atoms with Crippen LogP contribution < -0.4 is 5.32 Å². The van der Waals surface area contributed by atoms with Gasteiger partial charge in [0.05, 0.1) is 11.1 Å². The molecular formula is C18H24N4O2. The molecule has 0 saturated carbocycles. The Kier molecular flexibility index (Phi) is 4.35. The van der Waals surface area contributed by atoms with Crippen LogP contribution in [0.15, 0.2) is 24.3 Å². The van der Waals surface area contributed by atoms with Crippen LogP contribution in [0.2, 0.25) is 0 Å². The summed E-state index contributed by atoms with van der Waals surface area (Å²) in [5.74, 6) is -0.294. The van der Waals surface area contributed by atoms with Gasteiger partial charge >= 0.3 is 0 Å². The summed E-state index contributed by atoms with van der Waals surface area (Å²) < 4.78 is 0. The second-order valence-electron chi connectivity index (χ2n) is 6.83. The predicted octanol–water partition coefficient (Wildman–Crippen LogP) is 0.262. The molecule has 1 unspecified atom stereocenters. The van der Waals surface area contributed by atoms with Crippen molar-refractivity contribution >= 4 is 11.8 Å². The van der Waals surface area contributed by atoms with Crippen LogP contribution >= 0.6 is 0 Å². The minimum Gasteiger partial charge on any atom is -0.315 e. The molecule has 0 radical (unpaired) electrons. The maximum absolute atomic E-state index is 12.4. The van der Waals surface area contributed by atoms with Gasteiger partial charge in [0.2, 0.25) is 0 Å². The van der Waals surface area contributed by atoms with E-state index in [1.807, 2.05) is 12.1 Å². The molecule has 0 aliphatic carbocycles. The summed E-state index contributed by atoms with van der Waals surface area (Å²) in [5, 5.41) is 3.42. The van der Waals surface area contributed by atoms with Crippen LogP contribution in [0.5, 0.6) is 0 Å². The van der Waals surface area contributed by atoms with Gasteiger partial charge in [-0.2, -0.15) is 0 Å². The number of imide groups is 1. The Labute approximate surface area is 142 Å². The first-order valence-corrected chi connectivity index (χ1v) is 8.86. The van der Waals surface area contributed by atoms with Gasteiger partial charge in [0.15, 0.2) is 0 Å². The summed E-state index contributed by atoms with van der Waals surface area (Å²) in [6, 6.07) is 7.78. The number of nitrogens with one attached hydrogen (secondary N) is 1. The molecule has 3 heterocycles. The highest BCUT2D eigenvalue weighted by Crippen LogP contribution is 2.22. The number of hydrogen-bond donors (Lipinski definition) is 1.